The van der Waals surface area contributed by atoms with E-state index in [-0.39, 0.29) is 13.2 Å². The topological polar surface area (TPSA) is 126 Å². The van der Waals surface area contributed by atoms with Crippen LogP contribution in [0.5, 0.6) is 0 Å². The molecule has 0 radical (unpaired) electrons. The number of carbonyl (C=O) groups is 4. The summed E-state index contributed by atoms with van der Waals surface area (Å²) in [4.78, 5) is 46.7. The van der Waals surface area contributed by atoms with Crippen LogP contribution in [-0.4, -0.2) is 60.5 Å². The predicted octanol–water partition coefficient (Wildman–Crippen LogP) is 1.67. The van der Waals surface area contributed by atoms with Crippen LogP contribution in [-0.2, 0) is 44.7 Å². The van der Waals surface area contributed by atoms with Gasteiger partial charge in [-0.3, -0.25) is 14.4 Å². The summed E-state index contributed by atoms with van der Waals surface area (Å²) in [6.45, 7) is 3.30. The summed E-state index contributed by atoms with van der Waals surface area (Å²) in [5, 5.41) is 2.49. The van der Waals surface area contributed by atoms with Gasteiger partial charge in [0, 0.05) is 20.8 Å². The number of halogens is 1. The second-order valence-electron chi connectivity index (χ2n) is 6.69. The zero-order valence-electron chi connectivity index (χ0n) is 17.2. The van der Waals surface area contributed by atoms with Gasteiger partial charge in [0.2, 0.25) is 0 Å². The molecule has 1 aromatic rings. The Morgan fingerprint density at radius 2 is 1.45 bits per heavy atom. The summed E-state index contributed by atoms with van der Waals surface area (Å²) in [6, 6.07) is 9.05. The Kier molecular flexibility index (Phi) is 9.07. The van der Waals surface area contributed by atoms with E-state index in [1.54, 1.807) is 12.1 Å². The van der Waals surface area contributed by atoms with Crippen LogP contribution in [0.2, 0.25) is 0 Å². The monoisotopic (exact) mass is 457 g/mol. The maximum Gasteiger partial charge on any atom is 0.407 e. The number of ether oxygens (including phenoxy) is 5. The van der Waals surface area contributed by atoms with Gasteiger partial charge in [-0.15, -0.1) is 0 Å². The quantitative estimate of drug-likeness (QED) is 0.369. The van der Waals surface area contributed by atoms with Crippen molar-refractivity contribution in [3.05, 3.63) is 35.9 Å². The van der Waals surface area contributed by atoms with E-state index >= 15 is 0 Å². The third-order valence-electron chi connectivity index (χ3n) is 4.14. The second-order valence-corrected chi connectivity index (χ2v) is 7.12. The number of carbonyl (C=O) groups excluding carboxylic acids is 4. The molecule has 0 bridgehead atoms. The third kappa shape index (κ3) is 7.72. The van der Waals surface area contributed by atoms with Crippen LogP contribution < -0.4 is 5.32 Å². The molecule has 0 aromatic heterocycles. The number of benzene rings is 1. The highest BCUT2D eigenvalue weighted by Gasteiger charge is 2.51. The Morgan fingerprint density at radius 3 is 2.03 bits per heavy atom. The lowest BCUT2D eigenvalue weighted by Crippen LogP contribution is -2.62. The lowest BCUT2D eigenvalue weighted by Gasteiger charge is -2.42. The Balaban J connectivity index is 2.08. The Bertz CT molecular complexity index is 788. The van der Waals surface area contributed by atoms with Crippen LogP contribution in [0.15, 0.2) is 30.3 Å². The molecular formula is C20H24ClNO9. The van der Waals surface area contributed by atoms with Crippen molar-refractivity contribution in [2.24, 2.45) is 0 Å². The molecule has 11 heteroatoms. The molecule has 1 aliphatic rings. The molecule has 31 heavy (non-hydrogen) atoms. The molecule has 5 atom stereocenters. The zero-order chi connectivity index (χ0) is 23.0. The molecule has 0 spiro atoms. The van der Waals surface area contributed by atoms with Gasteiger partial charge in [0.1, 0.15) is 12.7 Å². The smallest absolute Gasteiger partial charge is 0.407 e. The summed E-state index contributed by atoms with van der Waals surface area (Å²) < 4.78 is 26.3. The van der Waals surface area contributed by atoms with Gasteiger partial charge in [-0.2, -0.15) is 0 Å². The van der Waals surface area contributed by atoms with E-state index in [1.807, 2.05) is 18.2 Å². The van der Waals surface area contributed by atoms with Crippen LogP contribution in [0.25, 0.3) is 0 Å². The van der Waals surface area contributed by atoms with Crippen molar-refractivity contribution in [3.8, 4) is 0 Å². The van der Waals surface area contributed by atoms with E-state index in [0.717, 1.165) is 26.3 Å². The van der Waals surface area contributed by atoms with Crippen LogP contribution in [0.3, 0.4) is 0 Å². The fourth-order valence-electron chi connectivity index (χ4n) is 2.96. The highest BCUT2D eigenvalue weighted by Crippen LogP contribution is 2.30. The number of nitrogens with one attached hydrogen (secondary N) is 1. The first kappa shape index (κ1) is 24.4. The number of alkyl carbamates (subject to hydrolysis) is 1. The highest BCUT2D eigenvalue weighted by atomic mass is 35.5. The number of hydrogen-bond acceptors (Lipinski definition) is 9. The molecule has 0 saturated carbocycles. The van der Waals surface area contributed by atoms with E-state index in [0.29, 0.717) is 0 Å². The van der Waals surface area contributed by atoms with E-state index in [9.17, 15) is 19.2 Å². The van der Waals surface area contributed by atoms with Crippen LogP contribution >= 0.6 is 11.6 Å². The maximum absolute atomic E-state index is 12.1. The molecule has 1 amide bonds. The average Bonchev–Trinajstić information content (AvgIpc) is 2.69. The zero-order valence-corrected chi connectivity index (χ0v) is 18.0. The molecule has 1 saturated heterocycles. The van der Waals surface area contributed by atoms with E-state index < -0.39 is 54.0 Å². The molecule has 1 aliphatic heterocycles. The van der Waals surface area contributed by atoms with Crippen molar-refractivity contribution >= 4 is 35.6 Å². The summed E-state index contributed by atoms with van der Waals surface area (Å²) in [5.41, 5.74) is -0.434. The van der Waals surface area contributed by atoms with Crippen molar-refractivity contribution in [2.75, 3.05) is 6.54 Å². The van der Waals surface area contributed by atoms with Gasteiger partial charge in [0.05, 0.1) is 6.54 Å². The van der Waals surface area contributed by atoms with Crippen molar-refractivity contribution in [1.29, 1.82) is 0 Å². The highest BCUT2D eigenvalue weighted by molar-refractivity contribution is 6.20. The molecule has 2 rings (SSSR count). The van der Waals surface area contributed by atoms with Gasteiger partial charge in [0.15, 0.2) is 23.9 Å². The van der Waals surface area contributed by atoms with Gasteiger partial charge in [0.25, 0.3) is 0 Å². The van der Waals surface area contributed by atoms with Gasteiger partial charge in [-0.1, -0.05) is 41.9 Å². The SMILES string of the molecule is CC(=O)O[C@H]1[C@H](OC(C)=O)[C@@H](OC(C)=O)C(Cl)O[C@@H]1CNC(=O)OCc1ccccc1. The minimum Gasteiger partial charge on any atom is -0.456 e. The van der Waals surface area contributed by atoms with E-state index in [1.165, 1.54) is 0 Å². The van der Waals surface area contributed by atoms with Crippen LogP contribution in [0.4, 0.5) is 4.79 Å². The first-order valence-electron chi connectivity index (χ1n) is 9.43. The van der Waals surface area contributed by atoms with Crippen molar-refractivity contribution in [1.82, 2.24) is 5.32 Å². The molecule has 10 nitrogen and oxygen atoms in total. The number of alkyl halides is 1. The largest absolute Gasteiger partial charge is 0.456 e. The minimum atomic E-state index is -1.24. The molecule has 1 unspecified atom stereocenters. The first-order valence-corrected chi connectivity index (χ1v) is 9.86. The Morgan fingerprint density at radius 1 is 0.903 bits per heavy atom. The summed E-state index contributed by atoms with van der Waals surface area (Å²) >= 11 is 6.18. The fraction of sp³-hybridized carbons (Fsp3) is 0.500. The summed E-state index contributed by atoms with van der Waals surface area (Å²) in [7, 11) is 0. The molecule has 1 N–H and O–H groups in total. The summed E-state index contributed by atoms with van der Waals surface area (Å²) in [6.07, 6.45) is -5.42. The first-order chi connectivity index (χ1) is 14.7. The number of hydrogen-bond donors (Lipinski definition) is 1. The second kappa shape index (κ2) is 11.5. The molecular weight excluding hydrogens is 434 g/mol. The Labute approximate surface area is 184 Å². The van der Waals surface area contributed by atoms with Crippen molar-refractivity contribution in [2.45, 2.75) is 57.4 Å². The van der Waals surface area contributed by atoms with Crippen molar-refractivity contribution < 1.29 is 42.9 Å². The standard InChI is InChI=1S/C20H24ClNO9/c1-11(23)28-16-15(9-22-20(26)27-10-14-7-5-4-6-8-14)31-19(21)18(30-13(3)25)17(16)29-12(2)24/h4-8,15-19H,9-10H2,1-3H3,(H,22,26)/t15-,16-,17+,18-,19?/m1/s1. The lowest BCUT2D eigenvalue weighted by molar-refractivity contribution is -0.232. The molecule has 0 aliphatic carbocycles. The minimum absolute atomic E-state index is 0.0499. The third-order valence-corrected chi connectivity index (χ3v) is 4.49. The number of rotatable bonds is 7. The van der Waals surface area contributed by atoms with Gasteiger partial charge in [-0.25, -0.2) is 4.79 Å². The predicted molar refractivity (Wildman–Crippen MR) is 106 cm³/mol. The van der Waals surface area contributed by atoms with E-state index in [4.69, 9.17) is 35.3 Å². The maximum atomic E-state index is 12.1. The van der Waals surface area contributed by atoms with Crippen molar-refractivity contribution in [3.63, 3.8) is 0 Å². The van der Waals surface area contributed by atoms with Gasteiger partial charge in [-0.05, 0) is 5.56 Å². The number of esters is 3. The van der Waals surface area contributed by atoms with E-state index in [2.05, 4.69) is 5.32 Å². The fourth-order valence-corrected chi connectivity index (χ4v) is 3.29. The molecule has 1 aromatic carbocycles. The summed E-state index contributed by atoms with van der Waals surface area (Å²) in [5.74, 6) is -2.10. The molecule has 1 fully saturated rings. The van der Waals surface area contributed by atoms with Gasteiger partial charge >= 0.3 is 24.0 Å². The van der Waals surface area contributed by atoms with Gasteiger partial charge < -0.3 is 29.0 Å². The average molecular weight is 458 g/mol. The lowest BCUT2D eigenvalue weighted by atomic mass is 9.98. The molecule has 170 valence electrons. The number of amides is 1. The van der Waals surface area contributed by atoms with Crippen LogP contribution in [0, 0.1) is 0 Å². The molecule has 1 heterocycles. The Hall–Kier alpha value is -2.85. The normalized spacial score (nSPS) is 25.1. The van der Waals surface area contributed by atoms with Crippen LogP contribution in [0.1, 0.15) is 26.3 Å².